The van der Waals surface area contributed by atoms with Gasteiger partial charge < -0.3 is 5.73 Å². The Bertz CT molecular complexity index is 719. The summed E-state index contributed by atoms with van der Waals surface area (Å²) in [4.78, 5) is -0.188. The Morgan fingerprint density at radius 1 is 1.16 bits per heavy atom. The van der Waals surface area contributed by atoms with E-state index in [1.54, 1.807) is 0 Å². The van der Waals surface area contributed by atoms with Crippen molar-refractivity contribution in [2.45, 2.75) is 4.90 Å². The van der Waals surface area contributed by atoms with Crippen molar-refractivity contribution in [3.8, 4) is 0 Å². The van der Waals surface area contributed by atoms with Crippen molar-refractivity contribution >= 4 is 33.0 Å². The van der Waals surface area contributed by atoms with Gasteiger partial charge in [0.05, 0.1) is 16.3 Å². The molecule has 7 heteroatoms. The van der Waals surface area contributed by atoms with Gasteiger partial charge in [-0.15, -0.1) is 0 Å². The van der Waals surface area contributed by atoms with Crippen LogP contribution in [0.25, 0.3) is 0 Å². The van der Waals surface area contributed by atoms with Gasteiger partial charge in [-0.05, 0) is 36.4 Å². The Labute approximate surface area is 115 Å². The number of nitrogens with one attached hydrogen (secondary N) is 1. The van der Waals surface area contributed by atoms with Crippen molar-refractivity contribution in [2.24, 2.45) is 0 Å². The first-order valence-corrected chi connectivity index (χ1v) is 7.08. The van der Waals surface area contributed by atoms with Crippen LogP contribution in [-0.2, 0) is 10.0 Å². The summed E-state index contributed by atoms with van der Waals surface area (Å²) in [6, 6.07) is 9.07. The van der Waals surface area contributed by atoms with Gasteiger partial charge in [0.1, 0.15) is 5.82 Å². The molecule has 2 rings (SSSR count). The van der Waals surface area contributed by atoms with Crippen LogP contribution in [0.4, 0.5) is 15.8 Å². The Kier molecular flexibility index (Phi) is 3.64. The van der Waals surface area contributed by atoms with Crippen LogP contribution < -0.4 is 10.5 Å². The molecule has 2 aromatic carbocycles. The molecule has 2 aromatic rings. The van der Waals surface area contributed by atoms with E-state index in [1.807, 2.05) is 0 Å². The lowest BCUT2D eigenvalue weighted by Crippen LogP contribution is -2.14. The van der Waals surface area contributed by atoms with Crippen LogP contribution in [0, 0.1) is 5.82 Å². The van der Waals surface area contributed by atoms with Crippen molar-refractivity contribution < 1.29 is 12.8 Å². The number of hydrogen-bond acceptors (Lipinski definition) is 3. The highest BCUT2D eigenvalue weighted by Crippen LogP contribution is 2.25. The number of sulfonamides is 1. The van der Waals surface area contributed by atoms with Crippen molar-refractivity contribution in [1.82, 2.24) is 0 Å². The van der Waals surface area contributed by atoms with E-state index < -0.39 is 15.8 Å². The molecule has 0 aromatic heterocycles. The molecule has 0 atom stereocenters. The molecule has 0 radical (unpaired) electrons. The molecular weight excluding hydrogens is 291 g/mol. The van der Waals surface area contributed by atoms with Gasteiger partial charge in [-0.2, -0.15) is 0 Å². The van der Waals surface area contributed by atoms with Gasteiger partial charge in [0.15, 0.2) is 0 Å². The van der Waals surface area contributed by atoms with Crippen LogP contribution >= 0.6 is 11.6 Å². The van der Waals surface area contributed by atoms with E-state index >= 15 is 0 Å². The lowest BCUT2D eigenvalue weighted by atomic mass is 10.3. The van der Waals surface area contributed by atoms with E-state index in [0.29, 0.717) is 5.02 Å². The molecule has 0 aliphatic rings. The molecule has 0 bridgehead atoms. The van der Waals surface area contributed by atoms with Gasteiger partial charge >= 0.3 is 0 Å². The molecule has 3 N–H and O–H groups in total. The Morgan fingerprint density at radius 2 is 1.89 bits per heavy atom. The van der Waals surface area contributed by atoms with Gasteiger partial charge in [-0.1, -0.05) is 17.7 Å². The molecule has 19 heavy (non-hydrogen) atoms. The summed E-state index contributed by atoms with van der Waals surface area (Å²) in [5.41, 5.74) is 6.02. The molecule has 0 spiro atoms. The standard InChI is InChI=1S/C12H10ClFN2O2S/c13-8-4-5-11(15)12(6-8)16-19(17,18)10-3-1-2-9(14)7-10/h1-7,16H,15H2. The van der Waals surface area contributed by atoms with Crippen LogP contribution in [0.3, 0.4) is 0 Å². The zero-order valence-corrected chi connectivity index (χ0v) is 11.2. The van der Waals surface area contributed by atoms with Crippen LogP contribution in [0.1, 0.15) is 0 Å². The predicted molar refractivity (Wildman–Crippen MR) is 73.1 cm³/mol. The van der Waals surface area contributed by atoms with E-state index in [0.717, 1.165) is 12.1 Å². The zero-order valence-electron chi connectivity index (χ0n) is 9.60. The highest BCUT2D eigenvalue weighted by Gasteiger charge is 2.16. The third-order valence-electron chi connectivity index (χ3n) is 2.37. The van der Waals surface area contributed by atoms with Gasteiger partial charge in [0.25, 0.3) is 10.0 Å². The number of rotatable bonds is 3. The molecule has 0 unspecified atom stereocenters. The first-order chi connectivity index (χ1) is 8.88. The normalized spacial score (nSPS) is 11.3. The fraction of sp³-hybridized carbons (Fsp3) is 0. The summed E-state index contributed by atoms with van der Waals surface area (Å²) in [5, 5.41) is 0.339. The number of nitrogen functional groups attached to an aromatic ring is 1. The molecule has 0 aliphatic heterocycles. The summed E-state index contributed by atoms with van der Waals surface area (Å²) < 4.78 is 39.4. The Morgan fingerprint density at radius 3 is 2.58 bits per heavy atom. The fourth-order valence-corrected chi connectivity index (χ4v) is 2.74. The zero-order chi connectivity index (χ0) is 14.0. The van der Waals surface area contributed by atoms with Crippen LogP contribution in [0.15, 0.2) is 47.4 Å². The summed E-state index contributed by atoms with van der Waals surface area (Å²) in [5.74, 6) is -0.637. The number of nitrogens with two attached hydrogens (primary N) is 1. The van der Waals surface area contributed by atoms with Crippen molar-refractivity contribution in [1.29, 1.82) is 0 Å². The minimum Gasteiger partial charge on any atom is -0.397 e. The quantitative estimate of drug-likeness (QED) is 0.856. The molecule has 0 saturated heterocycles. The average molecular weight is 301 g/mol. The number of anilines is 2. The van der Waals surface area contributed by atoms with E-state index in [-0.39, 0.29) is 16.3 Å². The number of benzene rings is 2. The first kappa shape index (κ1) is 13.6. The summed E-state index contributed by atoms with van der Waals surface area (Å²) in [7, 11) is -3.90. The summed E-state index contributed by atoms with van der Waals surface area (Å²) in [6.45, 7) is 0. The largest absolute Gasteiger partial charge is 0.397 e. The van der Waals surface area contributed by atoms with Crippen LogP contribution in [-0.4, -0.2) is 8.42 Å². The van der Waals surface area contributed by atoms with E-state index in [2.05, 4.69) is 4.72 Å². The summed E-state index contributed by atoms with van der Waals surface area (Å²) in [6.07, 6.45) is 0. The molecule has 0 fully saturated rings. The topological polar surface area (TPSA) is 72.2 Å². The molecular formula is C12H10ClFN2O2S. The molecule has 0 heterocycles. The maximum atomic E-state index is 13.0. The molecule has 100 valence electrons. The Hall–Kier alpha value is -1.79. The molecule has 0 aliphatic carbocycles. The highest BCUT2D eigenvalue weighted by molar-refractivity contribution is 7.92. The Balaban J connectivity index is 2.39. The van der Waals surface area contributed by atoms with Gasteiger partial charge in [0, 0.05) is 5.02 Å². The minimum absolute atomic E-state index is 0.150. The maximum Gasteiger partial charge on any atom is 0.262 e. The second-order valence-electron chi connectivity index (χ2n) is 3.79. The van der Waals surface area contributed by atoms with E-state index in [4.69, 9.17) is 17.3 Å². The van der Waals surface area contributed by atoms with Crippen molar-refractivity contribution in [3.63, 3.8) is 0 Å². The van der Waals surface area contributed by atoms with Crippen LogP contribution in [0.5, 0.6) is 0 Å². The smallest absolute Gasteiger partial charge is 0.262 e. The van der Waals surface area contributed by atoms with Gasteiger partial charge in [0.2, 0.25) is 0 Å². The van der Waals surface area contributed by atoms with Crippen molar-refractivity contribution in [3.05, 3.63) is 53.3 Å². The molecule has 0 saturated carbocycles. The minimum atomic E-state index is -3.90. The summed E-state index contributed by atoms with van der Waals surface area (Å²) >= 11 is 5.77. The van der Waals surface area contributed by atoms with Gasteiger partial charge in [-0.25, -0.2) is 12.8 Å². The third-order valence-corrected chi connectivity index (χ3v) is 3.96. The highest BCUT2D eigenvalue weighted by atomic mass is 35.5. The molecule has 4 nitrogen and oxygen atoms in total. The SMILES string of the molecule is Nc1ccc(Cl)cc1NS(=O)(=O)c1cccc(F)c1. The maximum absolute atomic E-state index is 13.0. The second-order valence-corrected chi connectivity index (χ2v) is 5.91. The van der Waals surface area contributed by atoms with Gasteiger partial charge in [-0.3, -0.25) is 4.72 Å². The van der Waals surface area contributed by atoms with E-state index in [1.165, 1.54) is 30.3 Å². The average Bonchev–Trinajstić information content (AvgIpc) is 2.33. The number of hydrogen-bond donors (Lipinski definition) is 2. The lowest BCUT2D eigenvalue weighted by molar-refractivity contribution is 0.595. The van der Waals surface area contributed by atoms with Crippen molar-refractivity contribution in [2.75, 3.05) is 10.5 Å². The predicted octanol–water partition coefficient (Wildman–Crippen LogP) is 2.86. The molecule has 0 amide bonds. The van der Waals surface area contributed by atoms with E-state index in [9.17, 15) is 12.8 Å². The van der Waals surface area contributed by atoms with Crippen LogP contribution in [0.2, 0.25) is 5.02 Å². The lowest BCUT2D eigenvalue weighted by Gasteiger charge is -2.10. The third kappa shape index (κ3) is 3.15. The second kappa shape index (κ2) is 5.07. The number of halogens is 2. The first-order valence-electron chi connectivity index (χ1n) is 5.22. The fourth-order valence-electron chi connectivity index (χ4n) is 1.45. The monoisotopic (exact) mass is 300 g/mol.